The van der Waals surface area contributed by atoms with Gasteiger partial charge in [0.1, 0.15) is 0 Å². The number of hydrogen-bond acceptors (Lipinski definition) is 4. The molecule has 1 N–H and O–H groups in total. The number of carbonyl (C=O) groups excluding carboxylic acids is 2. The summed E-state index contributed by atoms with van der Waals surface area (Å²) in [6.45, 7) is 5.10. The average molecular weight is 334 g/mol. The lowest BCUT2D eigenvalue weighted by molar-refractivity contribution is -0.139. The number of piperidine rings is 2. The molecular formula is C17H26N4O3. The van der Waals surface area contributed by atoms with E-state index in [0.29, 0.717) is 26.1 Å². The van der Waals surface area contributed by atoms with E-state index in [4.69, 9.17) is 4.74 Å². The molecule has 1 aromatic rings. The number of carbonyl (C=O) groups is 2. The number of hydrogen-bond donors (Lipinski definition) is 1. The molecule has 1 atom stereocenters. The standard InChI is InChI=1S/C17H26N4O3/c1-2-24-16(23)21-8-3-6-17(12-21)7-4-15(22)20(11-17)9-5-14-10-18-13-19-14/h10,13H,2-9,11-12H2,1H3,(H,18,19)/t17-/m1/s1. The molecule has 1 aromatic heterocycles. The Bertz CT molecular complexity index is 574. The first-order chi connectivity index (χ1) is 11.6. The van der Waals surface area contributed by atoms with Crippen molar-refractivity contribution >= 4 is 12.0 Å². The first-order valence-corrected chi connectivity index (χ1v) is 8.79. The quantitative estimate of drug-likeness (QED) is 0.911. The molecule has 2 aliphatic rings. The highest BCUT2D eigenvalue weighted by Crippen LogP contribution is 2.39. The molecule has 3 rings (SSSR count). The third-order valence-electron chi connectivity index (χ3n) is 5.14. The van der Waals surface area contributed by atoms with Gasteiger partial charge in [0, 0.05) is 56.3 Å². The lowest BCUT2D eigenvalue weighted by Gasteiger charge is -2.47. The Morgan fingerprint density at radius 2 is 2.29 bits per heavy atom. The number of H-pyrrole nitrogens is 1. The molecule has 0 aromatic carbocycles. The minimum Gasteiger partial charge on any atom is -0.450 e. The van der Waals surface area contributed by atoms with Gasteiger partial charge in [0.15, 0.2) is 0 Å². The summed E-state index contributed by atoms with van der Waals surface area (Å²) in [5.41, 5.74) is 1.06. The minimum absolute atomic E-state index is 0.0207. The molecule has 1 spiro atoms. The minimum atomic E-state index is -0.225. The van der Waals surface area contributed by atoms with Gasteiger partial charge in [-0.15, -0.1) is 0 Å². The molecular weight excluding hydrogens is 308 g/mol. The van der Waals surface area contributed by atoms with Crippen molar-refractivity contribution in [3.05, 3.63) is 18.2 Å². The number of ether oxygens (including phenoxy) is 1. The molecule has 0 aliphatic carbocycles. The van der Waals surface area contributed by atoms with E-state index in [0.717, 1.165) is 44.5 Å². The fourth-order valence-electron chi connectivity index (χ4n) is 3.89. The Morgan fingerprint density at radius 1 is 1.42 bits per heavy atom. The molecule has 3 heterocycles. The molecule has 24 heavy (non-hydrogen) atoms. The van der Waals surface area contributed by atoms with E-state index in [-0.39, 0.29) is 17.4 Å². The second-order valence-electron chi connectivity index (χ2n) is 6.87. The van der Waals surface area contributed by atoms with Crippen molar-refractivity contribution in [1.29, 1.82) is 0 Å². The summed E-state index contributed by atoms with van der Waals surface area (Å²) in [6.07, 6.45) is 7.49. The number of imidazole rings is 1. The topological polar surface area (TPSA) is 78.5 Å². The van der Waals surface area contributed by atoms with Crippen molar-refractivity contribution < 1.29 is 14.3 Å². The number of aromatic amines is 1. The molecule has 2 fully saturated rings. The summed E-state index contributed by atoms with van der Waals surface area (Å²) in [5, 5.41) is 0. The predicted octanol–water partition coefficient (Wildman–Crippen LogP) is 1.81. The Morgan fingerprint density at radius 3 is 3.04 bits per heavy atom. The highest BCUT2D eigenvalue weighted by Gasteiger charge is 2.42. The largest absolute Gasteiger partial charge is 0.450 e. The highest BCUT2D eigenvalue weighted by atomic mass is 16.6. The predicted molar refractivity (Wildman–Crippen MR) is 88.4 cm³/mol. The number of rotatable bonds is 4. The van der Waals surface area contributed by atoms with Crippen LogP contribution in [-0.2, 0) is 16.0 Å². The van der Waals surface area contributed by atoms with Crippen molar-refractivity contribution in [2.45, 2.75) is 39.0 Å². The summed E-state index contributed by atoms with van der Waals surface area (Å²) in [7, 11) is 0. The molecule has 132 valence electrons. The van der Waals surface area contributed by atoms with Crippen molar-refractivity contribution in [1.82, 2.24) is 19.8 Å². The number of nitrogens with zero attached hydrogens (tertiary/aromatic N) is 3. The number of nitrogens with one attached hydrogen (secondary N) is 1. The van der Waals surface area contributed by atoms with Gasteiger partial charge in [-0.25, -0.2) is 9.78 Å². The van der Waals surface area contributed by atoms with Gasteiger partial charge in [-0.2, -0.15) is 0 Å². The van der Waals surface area contributed by atoms with Crippen molar-refractivity contribution in [3.8, 4) is 0 Å². The second kappa shape index (κ2) is 7.23. The fourth-order valence-corrected chi connectivity index (χ4v) is 3.89. The molecule has 0 bridgehead atoms. The van der Waals surface area contributed by atoms with Gasteiger partial charge in [0.05, 0.1) is 12.9 Å². The fraction of sp³-hybridized carbons (Fsp3) is 0.706. The Kier molecular flexibility index (Phi) is 5.06. The lowest BCUT2D eigenvalue weighted by Crippen LogP contribution is -2.55. The van der Waals surface area contributed by atoms with E-state index in [2.05, 4.69) is 9.97 Å². The Labute approximate surface area is 142 Å². The first-order valence-electron chi connectivity index (χ1n) is 8.79. The maximum Gasteiger partial charge on any atom is 0.409 e. The van der Waals surface area contributed by atoms with Crippen LogP contribution >= 0.6 is 0 Å². The maximum absolute atomic E-state index is 12.3. The zero-order valence-corrected chi connectivity index (χ0v) is 14.3. The molecule has 0 saturated carbocycles. The molecule has 0 unspecified atom stereocenters. The van der Waals surface area contributed by atoms with Crippen molar-refractivity contribution in [2.75, 3.05) is 32.8 Å². The molecule has 7 heteroatoms. The van der Waals surface area contributed by atoms with E-state index >= 15 is 0 Å². The van der Waals surface area contributed by atoms with Crippen LogP contribution in [0.2, 0.25) is 0 Å². The molecule has 7 nitrogen and oxygen atoms in total. The van der Waals surface area contributed by atoms with Gasteiger partial charge in [-0.1, -0.05) is 0 Å². The van der Waals surface area contributed by atoms with Crippen LogP contribution in [0.1, 0.15) is 38.3 Å². The van der Waals surface area contributed by atoms with Gasteiger partial charge in [-0.3, -0.25) is 4.79 Å². The van der Waals surface area contributed by atoms with Gasteiger partial charge in [0.25, 0.3) is 0 Å². The number of aromatic nitrogens is 2. The van der Waals surface area contributed by atoms with Crippen molar-refractivity contribution in [2.24, 2.45) is 5.41 Å². The molecule has 2 amide bonds. The maximum atomic E-state index is 12.3. The van der Waals surface area contributed by atoms with Crippen LogP contribution in [-0.4, -0.2) is 64.6 Å². The zero-order chi connectivity index (χ0) is 17.0. The third kappa shape index (κ3) is 3.71. The van der Waals surface area contributed by atoms with E-state index in [1.165, 1.54) is 0 Å². The summed E-state index contributed by atoms with van der Waals surface area (Å²) < 4.78 is 5.16. The SMILES string of the molecule is CCOC(=O)N1CCC[C@]2(CCC(=O)N(CCc3cnc[nH]3)C2)C1. The molecule has 2 saturated heterocycles. The zero-order valence-electron chi connectivity index (χ0n) is 14.3. The molecule has 2 aliphatic heterocycles. The van der Waals surface area contributed by atoms with Crippen LogP contribution in [0, 0.1) is 5.41 Å². The van der Waals surface area contributed by atoms with E-state index in [1.54, 1.807) is 12.5 Å². The summed E-state index contributed by atoms with van der Waals surface area (Å²) in [6, 6.07) is 0. The second-order valence-corrected chi connectivity index (χ2v) is 6.87. The highest BCUT2D eigenvalue weighted by molar-refractivity contribution is 5.77. The monoisotopic (exact) mass is 334 g/mol. The normalized spacial score (nSPS) is 24.5. The van der Waals surface area contributed by atoms with Crippen molar-refractivity contribution in [3.63, 3.8) is 0 Å². The van der Waals surface area contributed by atoms with Gasteiger partial charge in [0.2, 0.25) is 5.91 Å². The van der Waals surface area contributed by atoms with Crippen LogP contribution in [0.15, 0.2) is 12.5 Å². The first kappa shape index (κ1) is 16.8. The van der Waals surface area contributed by atoms with Crippen LogP contribution in [0.4, 0.5) is 4.79 Å². The van der Waals surface area contributed by atoms with Crippen LogP contribution in [0.25, 0.3) is 0 Å². The van der Waals surface area contributed by atoms with Gasteiger partial charge < -0.3 is 19.5 Å². The van der Waals surface area contributed by atoms with E-state index in [1.807, 2.05) is 16.7 Å². The number of amides is 2. The van der Waals surface area contributed by atoms with Crippen LogP contribution < -0.4 is 0 Å². The Balaban J connectivity index is 1.62. The average Bonchev–Trinajstić information content (AvgIpc) is 3.10. The van der Waals surface area contributed by atoms with Gasteiger partial charge in [-0.05, 0) is 26.2 Å². The molecule has 0 radical (unpaired) electrons. The summed E-state index contributed by atoms with van der Waals surface area (Å²) >= 11 is 0. The van der Waals surface area contributed by atoms with Gasteiger partial charge >= 0.3 is 6.09 Å². The lowest BCUT2D eigenvalue weighted by atomic mass is 9.73. The summed E-state index contributed by atoms with van der Waals surface area (Å²) in [4.78, 5) is 35.2. The van der Waals surface area contributed by atoms with Crippen LogP contribution in [0.3, 0.4) is 0 Å². The summed E-state index contributed by atoms with van der Waals surface area (Å²) in [5.74, 6) is 0.216. The van der Waals surface area contributed by atoms with E-state index < -0.39 is 0 Å². The smallest absolute Gasteiger partial charge is 0.409 e. The number of likely N-dealkylation sites (tertiary alicyclic amines) is 2. The Hall–Kier alpha value is -2.05. The van der Waals surface area contributed by atoms with Crippen LogP contribution in [0.5, 0.6) is 0 Å². The third-order valence-corrected chi connectivity index (χ3v) is 5.14. The van der Waals surface area contributed by atoms with E-state index in [9.17, 15) is 9.59 Å².